The maximum absolute atomic E-state index is 12.7. The molecule has 2 aliphatic rings. The molecule has 80 heavy (non-hydrogen) atoms. The van der Waals surface area contributed by atoms with Gasteiger partial charge < -0.3 is 51.7 Å². The number of methoxy groups -OCH3 is 1. The minimum absolute atomic E-state index is 0.0448. The van der Waals surface area contributed by atoms with Gasteiger partial charge in [0.1, 0.15) is 47.0 Å². The van der Waals surface area contributed by atoms with E-state index in [0.717, 1.165) is 12.1 Å². The van der Waals surface area contributed by atoms with Gasteiger partial charge >= 0.3 is 5.97 Å². The van der Waals surface area contributed by atoms with Crippen molar-refractivity contribution in [3.63, 3.8) is 0 Å². The Kier molecular flexibility index (Phi) is 20.7. The van der Waals surface area contributed by atoms with Gasteiger partial charge in [0.25, 0.3) is 0 Å². The maximum Gasteiger partial charge on any atom is 0.303 e. The molecular weight excluding hydrogens is 1150 g/mol. The smallest absolute Gasteiger partial charge is 0.303 e. The quantitative estimate of drug-likeness (QED) is 0.0311. The van der Waals surface area contributed by atoms with Gasteiger partial charge in [0, 0.05) is 72.1 Å². The Bertz CT molecular complexity index is 3760. The Morgan fingerprint density at radius 2 is 1.14 bits per heavy atom. The molecule has 0 saturated heterocycles. The van der Waals surface area contributed by atoms with Crippen LogP contribution in [0, 0.1) is 0 Å². The summed E-state index contributed by atoms with van der Waals surface area (Å²) in [6.45, 7) is 7.44. The Labute approximate surface area is 465 Å². The van der Waals surface area contributed by atoms with E-state index in [1.165, 1.54) is 18.2 Å². The average molecular weight is 1210 g/mol. The molecule has 0 saturated carbocycles. The largest absolute Gasteiger partial charge is 0.748 e. The molecule has 438 valence electrons. The predicted octanol–water partition coefficient (Wildman–Crippen LogP) is 4.98. The number of unbranched alkanes of at least 4 members (excludes halogenated alkanes) is 2. The summed E-state index contributed by atoms with van der Waals surface area (Å²) < 4.78 is 209. The Morgan fingerprint density at radius 1 is 0.613 bits per heavy atom. The number of carboxylic acid groups (broad SMARTS) is 1. The van der Waals surface area contributed by atoms with E-state index in [9.17, 15) is 74.8 Å². The van der Waals surface area contributed by atoms with Crippen LogP contribution in [0.5, 0.6) is 0 Å². The summed E-state index contributed by atoms with van der Waals surface area (Å²) in [7, 11) is -24.5. The molecule has 2 aliphatic heterocycles. The van der Waals surface area contributed by atoms with E-state index in [-0.39, 0.29) is 79.3 Å². The molecular formula is C52H60N2O21S5-4. The van der Waals surface area contributed by atoms with Gasteiger partial charge in [0.15, 0.2) is 5.71 Å². The summed E-state index contributed by atoms with van der Waals surface area (Å²) in [5.41, 5.74) is 0.192. The lowest BCUT2D eigenvalue weighted by Gasteiger charge is -2.31. The van der Waals surface area contributed by atoms with Crippen molar-refractivity contribution in [3.05, 3.63) is 108 Å². The van der Waals surface area contributed by atoms with Crippen molar-refractivity contribution in [3.8, 4) is 0 Å². The molecule has 0 radical (unpaired) electrons. The summed E-state index contributed by atoms with van der Waals surface area (Å²) in [6.07, 6.45) is 12.6. The molecule has 2 heterocycles. The van der Waals surface area contributed by atoms with Crippen molar-refractivity contribution in [2.45, 2.75) is 89.7 Å². The highest BCUT2D eigenvalue weighted by Gasteiger charge is 2.47. The first-order valence-electron chi connectivity index (χ1n) is 24.9. The second-order valence-electron chi connectivity index (χ2n) is 19.5. The van der Waals surface area contributed by atoms with Crippen LogP contribution >= 0.6 is 0 Å². The topological polar surface area (TPSA) is 366 Å². The zero-order valence-corrected chi connectivity index (χ0v) is 48.1. The normalized spacial score (nSPS) is 17.6. The standard InChI is InChI=1S/C52H64N2O21S5/c1-51(2)46(53(22-12-8-11-16-48(55)56)42-19-17-38-40(49(42)51)32-36(77(60,61)62)34-44(38)79(66,67)68)14-9-6-5-7-10-15-47-52(3,21-13-31-76(57,58)59)50-41-33-37(78(63,64)65)35-45(80(69,70)71)39(41)18-20-43(50)54(47)23-24-73-27-28-75-30-29-74-26-25-72-4/h5-7,9-10,14-15,17-20,32-35H,8,11-13,16,21-31H2,1-4H3,(H5-,55,56,57,58,59,60,61,62,63,64,65,66,67,68,69,70,71)/p-4. The van der Waals surface area contributed by atoms with E-state index in [0.29, 0.717) is 86.1 Å². The summed E-state index contributed by atoms with van der Waals surface area (Å²) in [5.74, 6) is -1.77. The Hall–Kier alpha value is -5.31. The van der Waals surface area contributed by atoms with Crippen molar-refractivity contribution in [2.75, 3.05) is 77.1 Å². The van der Waals surface area contributed by atoms with E-state index in [1.54, 1.807) is 81.4 Å². The molecule has 0 aromatic heterocycles. The number of hydrogen-bond donors (Lipinski definition) is 1. The van der Waals surface area contributed by atoms with Crippen LogP contribution in [0.3, 0.4) is 0 Å². The molecule has 28 heteroatoms. The first-order valence-corrected chi connectivity index (χ1v) is 32.1. The number of ether oxygens (including phenoxy) is 4. The second-order valence-corrected chi connectivity index (χ2v) is 26.5. The number of hydrogen-bond acceptors (Lipinski definition) is 21. The molecule has 1 unspecified atom stereocenters. The van der Waals surface area contributed by atoms with Gasteiger partial charge in [0.05, 0.1) is 81.4 Å². The molecule has 4 aromatic carbocycles. The lowest BCUT2D eigenvalue weighted by molar-refractivity contribution is -0.438. The molecule has 0 bridgehead atoms. The average Bonchev–Trinajstić information content (AvgIpc) is 3.71. The van der Waals surface area contributed by atoms with Crippen LogP contribution in [0.25, 0.3) is 21.5 Å². The number of aliphatic carboxylic acids is 1. The van der Waals surface area contributed by atoms with Gasteiger partial charge in [-0.3, -0.25) is 4.79 Å². The summed E-state index contributed by atoms with van der Waals surface area (Å²) >= 11 is 0. The van der Waals surface area contributed by atoms with E-state index in [4.69, 9.17) is 18.9 Å². The number of fused-ring (bicyclic) bond motifs is 6. The zero-order valence-electron chi connectivity index (χ0n) is 44.0. The highest BCUT2D eigenvalue weighted by molar-refractivity contribution is 7.87. The van der Waals surface area contributed by atoms with Crippen molar-refractivity contribution < 1.29 is 98.3 Å². The summed E-state index contributed by atoms with van der Waals surface area (Å²) in [5, 5.41) is 8.84. The van der Waals surface area contributed by atoms with Gasteiger partial charge in [-0.2, -0.15) is 4.58 Å². The molecule has 1 N–H and O–H groups in total. The molecule has 0 spiro atoms. The van der Waals surface area contributed by atoms with Crippen molar-refractivity contribution >= 4 is 95.2 Å². The predicted molar refractivity (Wildman–Crippen MR) is 287 cm³/mol. The third-order valence-electron chi connectivity index (χ3n) is 13.7. The zero-order chi connectivity index (χ0) is 59.1. The van der Waals surface area contributed by atoms with Crippen LogP contribution in [0.15, 0.2) is 116 Å². The Balaban J connectivity index is 1.41. The SMILES string of the molecule is COCCOCCOCCOCCN1C(=CC=CC=CC=CC2=[N+](CCCCCC(=O)O)c3ccc4c(S(=O)(=O)[O-])cc(S(=O)(=O)[O-])cc4c3C2(C)C)C(C)(CCCS(=O)(=O)[O-])c2c1ccc1c(S(=O)(=O)[O-])cc(S(=O)(=O)[O-])cc21. The first kappa shape index (κ1) is 63.9. The number of anilines is 1. The number of rotatable bonds is 30. The fourth-order valence-corrected chi connectivity index (χ4v) is 13.4. The van der Waals surface area contributed by atoms with Crippen molar-refractivity contribution in [2.24, 2.45) is 0 Å². The minimum Gasteiger partial charge on any atom is -0.748 e. The Morgan fingerprint density at radius 3 is 1.68 bits per heavy atom. The van der Waals surface area contributed by atoms with E-state index >= 15 is 0 Å². The third-order valence-corrected chi connectivity index (χ3v) is 17.9. The first-order chi connectivity index (χ1) is 37.3. The number of carbonyl (C=O) groups is 1. The number of carboxylic acids is 1. The maximum atomic E-state index is 12.7. The monoisotopic (exact) mass is 1210 g/mol. The van der Waals surface area contributed by atoms with Crippen LogP contribution in [0.2, 0.25) is 0 Å². The number of nitrogens with zero attached hydrogens (tertiary/aromatic N) is 2. The number of benzene rings is 4. The van der Waals surface area contributed by atoms with Gasteiger partial charge in [0.2, 0.25) is 5.69 Å². The molecule has 4 aromatic rings. The van der Waals surface area contributed by atoms with Crippen LogP contribution in [0.1, 0.15) is 70.4 Å². The van der Waals surface area contributed by atoms with Crippen LogP contribution in [0.4, 0.5) is 11.4 Å². The number of allylic oxidation sites excluding steroid dienone is 8. The molecule has 6 rings (SSSR count). The fourth-order valence-electron chi connectivity index (χ4n) is 10.2. The fraction of sp³-hybridized carbons (Fsp3) is 0.423. The van der Waals surface area contributed by atoms with E-state index < -0.39 is 92.7 Å². The van der Waals surface area contributed by atoms with Crippen LogP contribution in [-0.4, -0.2) is 158 Å². The summed E-state index contributed by atoms with van der Waals surface area (Å²) in [6, 6.07) is 8.78. The van der Waals surface area contributed by atoms with E-state index in [1.807, 2.05) is 4.58 Å². The van der Waals surface area contributed by atoms with Crippen molar-refractivity contribution in [1.82, 2.24) is 0 Å². The third kappa shape index (κ3) is 15.4. The lowest BCUT2D eigenvalue weighted by Crippen LogP contribution is -2.31. The van der Waals surface area contributed by atoms with Gasteiger partial charge in [-0.1, -0.05) is 36.4 Å². The highest BCUT2D eigenvalue weighted by atomic mass is 32.2. The van der Waals surface area contributed by atoms with Gasteiger partial charge in [-0.25, -0.2) is 42.1 Å². The highest BCUT2D eigenvalue weighted by Crippen LogP contribution is 2.54. The van der Waals surface area contributed by atoms with Crippen LogP contribution in [-0.2, 0) is 85.2 Å². The summed E-state index contributed by atoms with van der Waals surface area (Å²) in [4.78, 5) is 9.23. The molecule has 0 amide bonds. The molecule has 1 atom stereocenters. The van der Waals surface area contributed by atoms with Gasteiger partial charge in [-0.05, 0) is 111 Å². The second kappa shape index (κ2) is 25.9. The molecule has 23 nitrogen and oxygen atoms in total. The van der Waals surface area contributed by atoms with Crippen LogP contribution < -0.4 is 4.90 Å². The van der Waals surface area contributed by atoms with Crippen molar-refractivity contribution in [1.29, 1.82) is 0 Å². The molecule has 0 aliphatic carbocycles. The minimum atomic E-state index is -5.40. The lowest BCUT2D eigenvalue weighted by atomic mass is 9.75. The van der Waals surface area contributed by atoms with Gasteiger partial charge in [-0.15, -0.1) is 0 Å². The molecule has 0 fully saturated rings. The van der Waals surface area contributed by atoms with E-state index in [2.05, 4.69) is 0 Å².